The fraction of sp³-hybridized carbons (Fsp3) is 0.0667. The lowest BCUT2D eigenvalue weighted by Gasteiger charge is -2.07. The Labute approximate surface area is 120 Å². The minimum absolute atomic E-state index is 0.115. The predicted molar refractivity (Wildman–Crippen MR) is 74.5 cm³/mol. The largest absolute Gasteiger partial charge is 0.422 e. The van der Waals surface area contributed by atoms with Crippen molar-refractivity contribution >= 4 is 17.4 Å². The van der Waals surface area contributed by atoms with Gasteiger partial charge < -0.3 is 4.74 Å². The van der Waals surface area contributed by atoms with Crippen molar-refractivity contribution in [3.63, 3.8) is 0 Å². The molecule has 2 aromatic rings. The average Bonchev–Trinajstić information content (AvgIpc) is 2.47. The number of non-ortho nitro benzene ring substituents is 1. The molecule has 2 aromatic carbocycles. The van der Waals surface area contributed by atoms with Crippen LogP contribution in [-0.2, 0) is 0 Å². The van der Waals surface area contributed by atoms with E-state index >= 15 is 0 Å². The first-order chi connectivity index (χ1) is 9.99. The Kier molecular flexibility index (Phi) is 4.08. The first-order valence-corrected chi connectivity index (χ1v) is 6.05. The topological polar surface area (TPSA) is 86.5 Å². The van der Waals surface area contributed by atoms with Crippen LogP contribution in [0.4, 0.5) is 5.69 Å². The van der Waals surface area contributed by atoms with Gasteiger partial charge in [-0.15, -0.1) is 0 Å². The van der Waals surface area contributed by atoms with Gasteiger partial charge in [0.1, 0.15) is 5.75 Å². The van der Waals surface area contributed by atoms with Gasteiger partial charge in [-0.25, -0.2) is 4.79 Å². The van der Waals surface area contributed by atoms with Crippen molar-refractivity contribution in [1.82, 2.24) is 0 Å². The number of rotatable bonds is 4. The van der Waals surface area contributed by atoms with E-state index in [2.05, 4.69) is 0 Å². The van der Waals surface area contributed by atoms with Gasteiger partial charge in [-0.1, -0.05) is 12.1 Å². The zero-order chi connectivity index (χ0) is 15.4. The molecule has 0 bridgehead atoms. The number of nitro benzene ring substituents is 1. The molecule has 0 aliphatic rings. The number of benzene rings is 2. The normalized spacial score (nSPS) is 9.95. The Morgan fingerprint density at radius 2 is 1.67 bits per heavy atom. The predicted octanol–water partition coefficient (Wildman–Crippen LogP) is 3.02. The lowest BCUT2D eigenvalue weighted by molar-refractivity contribution is -0.384. The first-order valence-electron chi connectivity index (χ1n) is 6.05. The van der Waals surface area contributed by atoms with Gasteiger partial charge in [-0.3, -0.25) is 14.9 Å². The minimum Gasteiger partial charge on any atom is -0.422 e. The standard InChI is InChI=1S/C15H11NO5/c1-10(17)13-4-2-3-5-14(13)21-15(18)11-6-8-12(9-7-11)16(19)20/h2-9H,1H3. The maximum atomic E-state index is 12.0. The molecule has 2 rings (SSSR count). The Balaban J connectivity index is 2.22. The highest BCUT2D eigenvalue weighted by molar-refractivity contribution is 5.99. The smallest absolute Gasteiger partial charge is 0.343 e. The van der Waals surface area contributed by atoms with Crippen molar-refractivity contribution in [3.05, 3.63) is 69.8 Å². The van der Waals surface area contributed by atoms with Crippen molar-refractivity contribution in [2.24, 2.45) is 0 Å². The Morgan fingerprint density at radius 3 is 2.24 bits per heavy atom. The summed E-state index contributed by atoms with van der Waals surface area (Å²) in [5.74, 6) is -0.742. The fourth-order valence-corrected chi connectivity index (χ4v) is 1.72. The van der Waals surface area contributed by atoms with Crippen LogP contribution in [0.25, 0.3) is 0 Å². The highest BCUT2D eigenvalue weighted by Crippen LogP contribution is 2.20. The Hall–Kier alpha value is -3.02. The molecule has 0 aliphatic carbocycles. The maximum absolute atomic E-state index is 12.0. The van der Waals surface area contributed by atoms with E-state index in [1.807, 2.05) is 0 Å². The number of esters is 1. The van der Waals surface area contributed by atoms with Crippen LogP contribution in [0.3, 0.4) is 0 Å². The van der Waals surface area contributed by atoms with Gasteiger partial charge in [0.25, 0.3) is 5.69 Å². The summed E-state index contributed by atoms with van der Waals surface area (Å²) in [5.41, 5.74) is 0.349. The molecule has 0 aliphatic heterocycles. The van der Waals surface area contributed by atoms with Gasteiger partial charge in [0.2, 0.25) is 0 Å². The third-order valence-corrected chi connectivity index (χ3v) is 2.78. The molecule has 21 heavy (non-hydrogen) atoms. The molecule has 106 valence electrons. The minimum atomic E-state index is -0.682. The second-order valence-electron chi connectivity index (χ2n) is 4.25. The summed E-state index contributed by atoms with van der Waals surface area (Å²) < 4.78 is 5.16. The van der Waals surface area contributed by atoms with Gasteiger partial charge in [0, 0.05) is 12.1 Å². The molecule has 0 N–H and O–H groups in total. The highest BCUT2D eigenvalue weighted by atomic mass is 16.6. The number of hydrogen-bond acceptors (Lipinski definition) is 5. The van der Waals surface area contributed by atoms with Crippen LogP contribution in [0.1, 0.15) is 27.6 Å². The van der Waals surface area contributed by atoms with Crippen LogP contribution in [0.5, 0.6) is 5.75 Å². The number of para-hydroxylation sites is 1. The zero-order valence-corrected chi connectivity index (χ0v) is 11.1. The summed E-state index contributed by atoms with van der Waals surface area (Å²) in [4.78, 5) is 33.4. The number of ketones is 1. The highest BCUT2D eigenvalue weighted by Gasteiger charge is 2.14. The number of carbonyl (C=O) groups is 2. The molecule has 0 amide bonds. The number of Topliss-reactive ketones (excluding diaryl/α,β-unsaturated/α-hetero) is 1. The van der Waals surface area contributed by atoms with Crippen LogP contribution in [0.15, 0.2) is 48.5 Å². The fourth-order valence-electron chi connectivity index (χ4n) is 1.72. The van der Waals surface area contributed by atoms with Crippen LogP contribution in [-0.4, -0.2) is 16.7 Å². The van der Waals surface area contributed by atoms with E-state index in [9.17, 15) is 19.7 Å². The van der Waals surface area contributed by atoms with Crippen LogP contribution < -0.4 is 4.74 Å². The third-order valence-electron chi connectivity index (χ3n) is 2.78. The van der Waals surface area contributed by atoms with Gasteiger partial charge in [0.15, 0.2) is 5.78 Å². The summed E-state index contributed by atoms with van der Waals surface area (Å²) in [6, 6.07) is 11.4. The summed E-state index contributed by atoms with van der Waals surface area (Å²) in [5, 5.41) is 10.5. The average molecular weight is 285 g/mol. The molecular formula is C15H11NO5. The summed E-state index contributed by atoms with van der Waals surface area (Å²) in [7, 11) is 0. The first kappa shape index (κ1) is 14.4. The molecule has 0 atom stereocenters. The van der Waals surface area contributed by atoms with Crippen molar-refractivity contribution in [2.75, 3.05) is 0 Å². The molecule has 0 radical (unpaired) electrons. The van der Waals surface area contributed by atoms with Crippen molar-refractivity contribution in [1.29, 1.82) is 0 Å². The monoisotopic (exact) mass is 285 g/mol. The molecule has 0 saturated carbocycles. The molecule has 0 unspecified atom stereocenters. The van der Waals surface area contributed by atoms with Crippen LogP contribution in [0.2, 0.25) is 0 Å². The Bertz CT molecular complexity index is 706. The molecule has 0 spiro atoms. The maximum Gasteiger partial charge on any atom is 0.343 e. The van der Waals surface area contributed by atoms with E-state index in [1.165, 1.54) is 37.3 Å². The molecule has 6 heteroatoms. The number of nitro groups is 1. The van der Waals surface area contributed by atoms with E-state index in [0.29, 0.717) is 5.56 Å². The van der Waals surface area contributed by atoms with Gasteiger partial charge in [0.05, 0.1) is 16.1 Å². The van der Waals surface area contributed by atoms with Crippen molar-refractivity contribution in [3.8, 4) is 5.75 Å². The van der Waals surface area contributed by atoms with E-state index in [-0.39, 0.29) is 22.8 Å². The lowest BCUT2D eigenvalue weighted by atomic mass is 10.1. The summed E-state index contributed by atoms with van der Waals surface area (Å²) in [6.45, 7) is 1.37. The number of carbonyl (C=O) groups excluding carboxylic acids is 2. The number of ether oxygens (including phenoxy) is 1. The second kappa shape index (κ2) is 5.96. The molecule has 0 aromatic heterocycles. The quantitative estimate of drug-likeness (QED) is 0.283. The summed E-state index contributed by atoms with van der Waals surface area (Å²) in [6.07, 6.45) is 0. The van der Waals surface area contributed by atoms with Crippen molar-refractivity contribution < 1.29 is 19.2 Å². The van der Waals surface area contributed by atoms with Crippen LogP contribution in [0, 0.1) is 10.1 Å². The van der Waals surface area contributed by atoms with E-state index in [0.717, 1.165) is 0 Å². The number of nitrogens with zero attached hydrogens (tertiary/aromatic N) is 1. The lowest BCUT2D eigenvalue weighted by Crippen LogP contribution is -2.10. The molecular weight excluding hydrogens is 274 g/mol. The molecule has 0 heterocycles. The van der Waals surface area contributed by atoms with Gasteiger partial charge >= 0.3 is 5.97 Å². The molecule has 0 saturated heterocycles. The second-order valence-corrected chi connectivity index (χ2v) is 4.25. The van der Waals surface area contributed by atoms with E-state index in [4.69, 9.17) is 4.74 Å². The van der Waals surface area contributed by atoms with Crippen LogP contribution >= 0.6 is 0 Å². The Morgan fingerprint density at radius 1 is 1.05 bits per heavy atom. The SMILES string of the molecule is CC(=O)c1ccccc1OC(=O)c1ccc([N+](=O)[O-])cc1. The molecule has 0 fully saturated rings. The van der Waals surface area contributed by atoms with Gasteiger partial charge in [-0.2, -0.15) is 0 Å². The molecule has 6 nitrogen and oxygen atoms in total. The summed E-state index contributed by atoms with van der Waals surface area (Å²) >= 11 is 0. The van der Waals surface area contributed by atoms with E-state index < -0.39 is 10.9 Å². The van der Waals surface area contributed by atoms with Crippen molar-refractivity contribution in [2.45, 2.75) is 6.92 Å². The third kappa shape index (κ3) is 3.30. The number of hydrogen-bond donors (Lipinski definition) is 0. The van der Waals surface area contributed by atoms with E-state index in [1.54, 1.807) is 18.2 Å². The zero-order valence-electron chi connectivity index (χ0n) is 11.1. The van der Waals surface area contributed by atoms with Gasteiger partial charge in [-0.05, 0) is 31.2 Å².